The summed E-state index contributed by atoms with van der Waals surface area (Å²) in [7, 11) is 0. The van der Waals surface area contributed by atoms with E-state index in [0.29, 0.717) is 10.7 Å². The van der Waals surface area contributed by atoms with Gasteiger partial charge in [0.1, 0.15) is 12.0 Å². The van der Waals surface area contributed by atoms with Crippen LogP contribution in [0.25, 0.3) is 0 Å². The van der Waals surface area contributed by atoms with Crippen LogP contribution in [-0.2, 0) is 6.18 Å². The summed E-state index contributed by atoms with van der Waals surface area (Å²) in [5.41, 5.74) is 6.76. The zero-order chi connectivity index (χ0) is 19.6. The molecule has 0 unspecified atom stereocenters. The Hall–Kier alpha value is -3.00. The van der Waals surface area contributed by atoms with Gasteiger partial charge in [-0.15, -0.1) is 0 Å². The quantitative estimate of drug-likeness (QED) is 0.543. The highest BCUT2D eigenvalue weighted by Crippen LogP contribution is 2.37. The number of hydrogen-bond donors (Lipinski definition) is 3. The van der Waals surface area contributed by atoms with Gasteiger partial charge in [-0.25, -0.2) is 9.97 Å². The number of halogens is 4. The van der Waals surface area contributed by atoms with E-state index < -0.39 is 11.7 Å². The van der Waals surface area contributed by atoms with E-state index in [9.17, 15) is 13.2 Å². The van der Waals surface area contributed by atoms with Gasteiger partial charge in [-0.3, -0.25) is 0 Å². The highest BCUT2D eigenvalue weighted by molar-refractivity contribution is 6.30. The standard InChI is InChI=1S/C18H15ClF3N5/c1-10-8-11(19)6-7-13(10)26-16-15(23)17(25-9-24-16)27-14-5-3-2-4-12(14)18(20,21)22/h2-9H,23H2,1H3,(H2,24,25,26,27). The van der Waals surface area contributed by atoms with Crippen LogP contribution in [0.15, 0.2) is 48.8 Å². The van der Waals surface area contributed by atoms with E-state index in [2.05, 4.69) is 20.6 Å². The summed E-state index contributed by atoms with van der Waals surface area (Å²) in [6.45, 7) is 1.85. The number of nitrogens with zero attached hydrogens (tertiary/aromatic N) is 2. The predicted octanol–water partition coefficient (Wildman–Crippen LogP) is 5.53. The molecule has 3 aromatic rings. The molecule has 140 valence electrons. The van der Waals surface area contributed by atoms with Gasteiger partial charge in [0.05, 0.1) is 11.3 Å². The summed E-state index contributed by atoms with van der Waals surface area (Å²) in [5.74, 6) is 0.332. The zero-order valence-corrected chi connectivity index (χ0v) is 14.9. The van der Waals surface area contributed by atoms with E-state index in [4.69, 9.17) is 17.3 Å². The minimum absolute atomic E-state index is 0.0656. The Labute approximate surface area is 158 Å². The third kappa shape index (κ3) is 4.22. The van der Waals surface area contributed by atoms with Crippen molar-refractivity contribution in [2.75, 3.05) is 16.4 Å². The second kappa shape index (κ2) is 7.32. The number of rotatable bonds is 4. The Balaban J connectivity index is 1.92. The van der Waals surface area contributed by atoms with Crippen LogP contribution in [0.3, 0.4) is 0 Å². The lowest BCUT2D eigenvalue weighted by atomic mass is 10.1. The van der Waals surface area contributed by atoms with Gasteiger partial charge in [-0.1, -0.05) is 23.7 Å². The van der Waals surface area contributed by atoms with Crippen LogP contribution in [0.1, 0.15) is 11.1 Å². The normalized spacial score (nSPS) is 11.3. The Morgan fingerprint density at radius 2 is 1.59 bits per heavy atom. The topological polar surface area (TPSA) is 75.9 Å². The molecule has 0 saturated heterocycles. The van der Waals surface area contributed by atoms with Gasteiger partial charge in [-0.2, -0.15) is 13.2 Å². The molecule has 0 spiro atoms. The molecule has 0 radical (unpaired) electrons. The third-order valence-corrected chi connectivity index (χ3v) is 4.05. The molecule has 0 aliphatic heterocycles. The van der Waals surface area contributed by atoms with Gasteiger partial charge in [0.25, 0.3) is 0 Å². The lowest BCUT2D eigenvalue weighted by Crippen LogP contribution is -2.11. The number of benzene rings is 2. The van der Waals surface area contributed by atoms with Crippen LogP contribution in [0.5, 0.6) is 0 Å². The van der Waals surface area contributed by atoms with Crippen LogP contribution in [-0.4, -0.2) is 9.97 Å². The second-order valence-corrected chi connectivity index (χ2v) is 6.17. The van der Waals surface area contributed by atoms with Crippen LogP contribution < -0.4 is 16.4 Å². The van der Waals surface area contributed by atoms with E-state index in [-0.39, 0.29) is 23.0 Å². The molecule has 9 heteroatoms. The molecular formula is C18H15ClF3N5. The largest absolute Gasteiger partial charge is 0.418 e. The fourth-order valence-electron chi connectivity index (χ4n) is 2.46. The van der Waals surface area contributed by atoms with Crippen molar-refractivity contribution in [2.24, 2.45) is 0 Å². The first-order valence-corrected chi connectivity index (χ1v) is 8.20. The molecule has 0 fully saturated rings. The summed E-state index contributed by atoms with van der Waals surface area (Å²) < 4.78 is 39.5. The molecule has 27 heavy (non-hydrogen) atoms. The summed E-state index contributed by atoms with van der Waals surface area (Å²) >= 11 is 5.94. The molecule has 0 amide bonds. The number of nitrogens with one attached hydrogen (secondary N) is 2. The maximum Gasteiger partial charge on any atom is 0.418 e. The average Bonchev–Trinajstić information content (AvgIpc) is 2.60. The maximum absolute atomic E-state index is 13.2. The number of nitrogens with two attached hydrogens (primary N) is 1. The lowest BCUT2D eigenvalue weighted by molar-refractivity contribution is -0.136. The SMILES string of the molecule is Cc1cc(Cl)ccc1Nc1ncnc(Nc2ccccc2C(F)(F)F)c1N. The average molecular weight is 394 g/mol. The van der Waals surface area contributed by atoms with Crippen molar-refractivity contribution in [3.05, 3.63) is 64.9 Å². The summed E-state index contributed by atoms with van der Waals surface area (Å²) in [5, 5.41) is 6.26. The Bertz CT molecular complexity index is 975. The first-order chi connectivity index (χ1) is 12.8. The number of hydrogen-bond acceptors (Lipinski definition) is 5. The van der Waals surface area contributed by atoms with Crippen molar-refractivity contribution in [1.29, 1.82) is 0 Å². The third-order valence-electron chi connectivity index (χ3n) is 3.81. The van der Waals surface area contributed by atoms with Crippen molar-refractivity contribution in [2.45, 2.75) is 13.1 Å². The van der Waals surface area contributed by atoms with E-state index in [1.165, 1.54) is 24.5 Å². The molecule has 0 saturated carbocycles. The van der Waals surface area contributed by atoms with Gasteiger partial charge in [0.15, 0.2) is 11.6 Å². The summed E-state index contributed by atoms with van der Waals surface area (Å²) in [6.07, 6.45) is -3.30. The van der Waals surface area contributed by atoms with Crippen molar-refractivity contribution in [1.82, 2.24) is 9.97 Å². The first kappa shape index (κ1) is 18.8. The van der Waals surface area contributed by atoms with Crippen LogP contribution in [0.2, 0.25) is 5.02 Å². The van der Waals surface area contributed by atoms with Gasteiger partial charge >= 0.3 is 6.18 Å². The number of aromatic nitrogens is 2. The predicted molar refractivity (Wildman–Crippen MR) is 101 cm³/mol. The number of aryl methyl sites for hydroxylation is 1. The monoisotopic (exact) mass is 393 g/mol. The Morgan fingerprint density at radius 3 is 2.22 bits per heavy atom. The van der Waals surface area contributed by atoms with Crippen LogP contribution >= 0.6 is 11.6 Å². The zero-order valence-electron chi connectivity index (χ0n) is 14.1. The lowest BCUT2D eigenvalue weighted by Gasteiger charge is -2.16. The molecule has 0 bridgehead atoms. The Kier molecular flexibility index (Phi) is 5.09. The first-order valence-electron chi connectivity index (χ1n) is 7.82. The molecule has 3 rings (SSSR count). The smallest absolute Gasteiger partial charge is 0.393 e. The van der Waals surface area contributed by atoms with Gasteiger partial charge < -0.3 is 16.4 Å². The molecule has 0 aliphatic rings. The van der Waals surface area contributed by atoms with Crippen molar-refractivity contribution >= 4 is 40.3 Å². The highest BCUT2D eigenvalue weighted by atomic mass is 35.5. The van der Waals surface area contributed by atoms with Gasteiger partial charge in [0, 0.05) is 10.7 Å². The minimum Gasteiger partial charge on any atom is -0.393 e. The van der Waals surface area contributed by atoms with Crippen molar-refractivity contribution in [3.63, 3.8) is 0 Å². The molecule has 2 aromatic carbocycles. The van der Waals surface area contributed by atoms with Crippen LogP contribution in [0.4, 0.5) is 41.9 Å². The molecule has 0 aliphatic carbocycles. The fraction of sp³-hybridized carbons (Fsp3) is 0.111. The number of para-hydroxylation sites is 1. The molecule has 1 aromatic heterocycles. The van der Waals surface area contributed by atoms with E-state index >= 15 is 0 Å². The van der Waals surface area contributed by atoms with Crippen LogP contribution in [0, 0.1) is 6.92 Å². The Morgan fingerprint density at radius 1 is 0.963 bits per heavy atom. The number of nitrogen functional groups attached to an aromatic ring is 1. The summed E-state index contributed by atoms with van der Waals surface area (Å²) in [4.78, 5) is 8.03. The number of alkyl halides is 3. The maximum atomic E-state index is 13.2. The van der Waals surface area contributed by atoms with E-state index in [0.717, 1.165) is 11.6 Å². The number of anilines is 5. The summed E-state index contributed by atoms with van der Waals surface area (Å²) in [6, 6.07) is 10.3. The molecule has 5 nitrogen and oxygen atoms in total. The van der Waals surface area contributed by atoms with Gasteiger partial charge in [-0.05, 0) is 42.8 Å². The molecule has 4 N–H and O–H groups in total. The molecule has 1 heterocycles. The van der Waals surface area contributed by atoms with Crippen molar-refractivity contribution < 1.29 is 13.2 Å². The highest BCUT2D eigenvalue weighted by Gasteiger charge is 2.33. The van der Waals surface area contributed by atoms with E-state index in [1.54, 1.807) is 18.2 Å². The molecule has 0 atom stereocenters. The fourth-order valence-corrected chi connectivity index (χ4v) is 2.68. The van der Waals surface area contributed by atoms with E-state index in [1.807, 2.05) is 6.92 Å². The van der Waals surface area contributed by atoms with Gasteiger partial charge in [0.2, 0.25) is 0 Å². The molecular weight excluding hydrogens is 379 g/mol. The second-order valence-electron chi connectivity index (χ2n) is 5.74. The van der Waals surface area contributed by atoms with Crippen molar-refractivity contribution in [3.8, 4) is 0 Å². The minimum atomic E-state index is -4.51.